The number of rotatable bonds is 6. The van der Waals surface area contributed by atoms with Crippen LogP contribution in [0.1, 0.15) is 48.0 Å². The summed E-state index contributed by atoms with van der Waals surface area (Å²) in [4.78, 5) is 13.9. The first-order chi connectivity index (χ1) is 8.09. The third-order valence-electron chi connectivity index (χ3n) is 3.08. The number of carbonyl (C=O) groups excluding carboxylic acids is 1. The van der Waals surface area contributed by atoms with Crippen LogP contribution < -0.4 is 11.1 Å². The maximum atomic E-state index is 11.8. The molecule has 108 valence electrons. The molecule has 0 fully saturated rings. The SMILES string of the molecule is CCC(N)C(N(C)CC(=O)NC(C)C)C(C)(C)C. The Balaban J connectivity index is 4.67. The normalized spacial score (nSPS) is 15.9. The van der Waals surface area contributed by atoms with Crippen molar-refractivity contribution >= 4 is 5.91 Å². The Morgan fingerprint density at radius 1 is 1.33 bits per heavy atom. The molecule has 3 N–H and O–H groups in total. The molecule has 0 aliphatic carbocycles. The number of amides is 1. The van der Waals surface area contributed by atoms with Crippen molar-refractivity contribution in [2.45, 2.75) is 66.1 Å². The van der Waals surface area contributed by atoms with Gasteiger partial charge in [0, 0.05) is 18.1 Å². The van der Waals surface area contributed by atoms with E-state index in [4.69, 9.17) is 5.73 Å². The zero-order chi connectivity index (χ0) is 14.5. The predicted octanol–water partition coefficient (Wildman–Crippen LogP) is 1.59. The summed E-state index contributed by atoms with van der Waals surface area (Å²) in [6.45, 7) is 12.9. The Morgan fingerprint density at radius 3 is 2.17 bits per heavy atom. The Morgan fingerprint density at radius 2 is 1.83 bits per heavy atom. The Hall–Kier alpha value is -0.610. The van der Waals surface area contributed by atoms with Gasteiger partial charge in [0.05, 0.1) is 6.54 Å². The van der Waals surface area contributed by atoms with Crippen LogP contribution in [0.4, 0.5) is 0 Å². The van der Waals surface area contributed by atoms with Gasteiger partial charge in [0.15, 0.2) is 0 Å². The van der Waals surface area contributed by atoms with Gasteiger partial charge in [0.2, 0.25) is 5.91 Å². The number of nitrogens with two attached hydrogens (primary N) is 1. The van der Waals surface area contributed by atoms with Crippen molar-refractivity contribution in [2.24, 2.45) is 11.1 Å². The highest BCUT2D eigenvalue weighted by atomic mass is 16.2. The van der Waals surface area contributed by atoms with Gasteiger partial charge in [-0.25, -0.2) is 0 Å². The lowest BCUT2D eigenvalue weighted by atomic mass is 9.80. The molecule has 0 saturated carbocycles. The highest BCUT2D eigenvalue weighted by Crippen LogP contribution is 2.26. The van der Waals surface area contributed by atoms with Gasteiger partial charge in [0.1, 0.15) is 0 Å². The van der Waals surface area contributed by atoms with Crippen molar-refractivity contribution in [2.75, 3.05) is 13.6 Å². The largest absolute Gasteiger partial charge is 0.353 e. The van der Waals surface area contributed by atoms with Gasteiger partial charge in [-0.15, -0.1) is 0 Å². The molecular weight excluding hydrogens is 226 g/mol. The second-order valence-electron chi connectivity index (χ2n) is 6.52. The monoisotopic (exact) mass is 257 g/mol. The van der Waals surface area contributed by atoms with Crippen LogP contribution in [0.3, 0.4) is 0 Å². The topological polar surface area (TPSA) is 58.4 Å². The highest BCUT2D eigenvalue weighted by Gasteiger charge is 2.33. The summed E-state index contributed by atoms with van der Waals surface area (Å²) in [5, 5.41) is 2.92. The van der Waals surface area contributed by atoms with Crippen molar-refractivity contribution in [3.63, 3.8) is 0 Å². The summed E-state index contributed by atoms with van der Waals surface area (Å²) in [6.07, 6.45) is 0.915. The summed E-state index contributed by atoms with van der Waals surface area (Å²) in [5.41, 5.74) is 6.27. The highest BCUT2D eigenvalue weighted by molar-refractivity contribution is 5.78. The molecule has 1 amide bonds. The fraction of sp³-hybridized carbons (Fsp3) is 0.929. The summed E-state index contributed by atoms with van der Waals surface area (Å²) in [5.74, 6) is 0.0602. The second-order valence-corrected chi connectivity index (χ2v) is 6.52. The molecule has 2 unspecified atom stereocenters. The zero-order valence-electron chi connectivity index (χ0n) is 13.1. The summed E-state index contributed by atoms with van der Waals surface area (Å²) < 4.78 is 0. The molecule has 0 aromatic heterocycles. The maximum Gasteiger partial charge on any atom is 0.234 e. The van der Waals surface area contributed by atoms with Crippen molar-refractivity contribution in [1.29, 1.82) is 0 Å². The molecule has 0 radical (unpaired) electrons. The summed E-state index contributed by atoms with van der Waals surface area (Å²) >= 11 is 0. The zero-order valence-corrected chi connectivity index (χ0v) is 13.1. The molecule has 0 aromatic rings. The lowest BCUT2D eigenvalue weighted by molar-refractivity contribution is -0.123. The lowest BCUT2D eigenvalue weighted by Crippen LogP contribution is -2.55. The molecule has 4 nitrogen and oxygen atoms in total. The van der Waals surface area contributed by atoms with Crippen LogP contribution in [0.25, 0.3) is 0 Å². The number of hydrogen-bond acceptors (Lipinski definition) is 3. The molecule has 0 spiro atoms. The molecule has 18 heavy (non-hydrogen) atoms. The average Bonchev–Trinajstić information content (AvgIpc) is 2.13. The lowest BCUT2D eigenvalue weighted by Gasteiger charge is -2.41. The van der Waals surface area contributed by atoms with Crippen LogP contribution in [0.5, 0.6) is 0 Å². The van der Waals surface area contributed by atoms with Gasteiger partial charge in [-0.1, -0.05) is 27.7 Å². The minimum absolute atomic E-state index is 0.0578. The van der Waals surface area contributed by atoms with Crippen LogP contribution in [0.2, 0.25) is 0 Å². The molecule has 0 rings (SSSR count). The number of nitrogens with zero attached hydrogens (tertiary/aromatic N) is 1. The number of nitrogens with one attached hydrogen (secondary N) is 1. The van der Waals surface area contributed by atoms with E-state index >= 15 is 0 Å². The molecule has 0 heterocycles. The van der Waals surface area contributed by atoms with E-state index < -0.39 is 0 Å². The minimum atomic E-state index is 0.0578. The van der Waals surface area contributed by atoms with Gasteiger partial charge in [0.25, 0.3) is 0 Å². The van der Waals surface area contributed by atoms with E-state index in [9.17, 15) is 4.79 Å². The van der Waals surface area contributed by atoms with Crippen LogP contribution in [-0.2, 0) is 4.79 Å². The fourth-order valence-corrected chi connectivity index (χ4v) is 2.55. The van der Waals surface area contributed by atoms with Crippen LogP contribution >= 0.6 is 0 Å². The number of likely N-dealkylation sites (N-methyl/N-ethyl adjacent to an activating group) is 1. The van der Waals surface area contributed by atoms with Crippen molar-refractivity contribution in [3.05, 3.63) is 0 Å². The summed E-state index contributed by atoms with van der Waals surface area (Å²) in [6, 6.07) is 0.459. The molecule has 0 bridgehead atoms. The van der Waals surface area contributed by atoms with Gasteiger partial charge in [-0.05, 0) is 32.7 Å². The standard InChI is InChI=1S/C14H31N3O/c1-8-11(15)13(14(4,5)6)17(7)9-12(18)16-10(2)3/h10-11,13H,8-9,15H2,1-7H3,(H,16,18). The van der Waals surface area contributed by atoms with E-state index in [-0.39, 0.29) is 29.4 Å². The first-order valence-electron chi connectivity index (χ1n) is 6.84. The first-order valence-corrected chi connectivity index (χ1v) is 6.84. The van der Waals surface area contributed by atoms with Crippen LogP contribution in [0, 0.1) is 5.41 Å². The summed E-state index contributed by atoms with van der Waals surface area (Å²) in [7, 11) is 1.98. The quantitative estimate of drug-likeness (QED) is 0.760. The van der Waals surface area contributed by atoms with Crippen molar-refractivity contribution < 1.29 is 4.79 Å². The third-order valence-corrected chi connectivity index (χ3v) is 3.08. The number of carbonyl (C=O) groups is 1. The van der Waals surface area contributed by atoms with Gasteiger partial charge >= 0.3 is 0 Å². The molecule has 0 aliphatic heterocycles. The minimum Gasteiger partial charge on any atom is -0.353 e. The maximum absolute atomic E-state index is 11.8. The van der Waals surface area contributed by atoms with E-state index in [2.05, 4.69) is 37.9 Å². The second kappa shape index (κ2) is 7.10. The van der Waals surface area contributed by atoms with E-state index in [1.54, 1.807) is 0 Å². The molecular formula is C14H31N3O. The van der Waals surface area contributed by atoms with E-state index in [1.807, 2.05) is 20.9 Å². The smallest absolute Gasteiger partial charge is 0.234 e. The van der Waals surface area contributed by atoms with E-state index in [0.717, 1.165) is 6.42 Å². The van der Waals surface area contributed by atoms with E-state index in [1.165, 1.54) is 0 Å². The molecule has 4 heteroatoms. The van der Waals surface area contributed by atoms with Crippen molar-refractivity contribution in [1.82, 2.24) is 10.2 Å². The Bertz CT molecular complexity index is 258. The van der Waals surface area contributed by atoms with Crippen LogP contribution in [-0.4, -0.2) is 42.5 Å². The van der Waals surface area contributed by atoms with Gasteiger partial charge in [-0.3, -0.25) is 9.69 Å². The predicted molar refractivity (Wildman–Crippen MR) is 77.4 cm³/mol. The van der Waals surface area contributed by atoms with Crippen LogP contribution in [0.15, 0.2) is 0 Å². The Labute approximate surface area is 112 Å². The van der Waals surface area contributed by atoms with Crippen molar-refractivity contribution in [3.8, 4) is 0 Å². The molecule has 0 aromatic carbocycles. The first kappa shape index (κ1) is 17.4. The number of hydrogen-bond donors (Lipinski definition) is 2. The van der Waals surface area contributed by atoms with E-state index in [0.29, 0.717) is 6.54 Å². The molecule has 0 aliphatic rings. The Kier molecular flexibility index (Phi) is 6.86. The average molecular weight is 257 g/mol. The third kappa shape index (κ3) is 5.83. The van der Waals surface area contributed by atoms with Gasteiger partial charge in [-0.2, -0.15) is 0 Å². The van der Waals surface area contributed by atoms with Gasteiger partial charge < -0.3 is 11.1 Å². The molecule has 2 atom stereocenters. The fourth-order valence-electron chi connectivity index (χ4n) is 2.55. The molecule has 0 saturated heterocycles.